The van der Waals surface area contributed by atoms with Crippen LogP contribution in [0.1, 0.15) is 10.4 Å². The molecule has 0 saturated carbocycles. The third-order valence-electron chi connectivity index (χ3n) is 4.13. The number of carbonyl (C=O) groups is 1. The number of nitrogens with two attached hydrogens (primary N) is 1. The molecule has 2 aromatic carbocycles. The Balaban J connectivity index is 1.54. The third-order valence-corrected chi connectivity index (χ3v) is 5.08. The Hall–Kier alpha value is -3.43. The summed E-state index contributed by atoms with van der Waals surface area (Å²) < 4.78 is 6.79. The molecule has 4 aromatic rings. The van der Waals surface area contributed by atoms with E-state index in [9.17, 15) is 4.79 Å². The van der Waals surface area contributed by atoms with Crippen molar-refractivity contribution in [3.8, 4) is 11.6 Å². The van der Waals surface area contributed by atoms with Crippen molar-refractivity contribution in [3.05, 3.63) is 76.1 Å². The lowest BCUT2D eigenvalue weighted by atomic mass is 10.2. The predicted octanol–water partition coefficient (Wildman–Crippen LogP) is 4.57. The number of ether oxygens (including phenoxy) is 1. The Morgan fingerprint density at radius 3 is 2.67 bits per heavy atom. The van der Waals surface area contributed by atoms with Crippen LogP contribution in [0, 0.1) is 0 Å². The summed E-state index contributed by atoms with van der Waals surface area (Å²) in [6, 6.07) is 13.8. The van der Waals surface area contributed by atoms with Gasteiger partial charge in [0.1, 0.15) is 17.5 Å². The van der Waals surface area contributed by atoms with Crippen molar-refractivity contribution in [2.24, 2.45) is 0 Å². The number of nitrogen functional groups attached to an aromatic ring is 1. The highest BCUT2D eigenvalue weighted by atomic mass is 79.9. The molecule has 0 radical (unpaired) electrons. The van der Waals surface area contributed by atoms with Crippen LogP contribution in [0.5, 0.6) is 11.6 Å². The van der Waals surface area contributed by atoms with Crippen molar-refractivity contribution in [1.82, 2.24) is 20.4 Å². The van der Waals surface area contributed by atoms with Gasteiger partial charge in [0.15, 0.2) is 11.6 Å². The Morgan fingerprint density at radius 2 is 1.87 bits per heavy atom. The van der Waals surface area contributed by atoms with E-state index in [1.54, 1.807) is 36.5 Å². The van der Waals surface area contributed by atoms with E-state index in [1.807, 2.05) is 18.2 Å². The largest absolute Gasteiger partial charge is 0.435 e. The number of rotatable bonds is 5. The van der Waals surface area contributed by atoms with Crippen LogP contribution in [-0.2, 0) is 0 Å². The molecule has 0 aliphatic rings. The molecule has 1 amide bonds. The number of hydrogen-bond acceptors (Lipinski definition) is 7. The monoisotopic (exact) mass is 484 g/mol. The van der Waals surface area contributed by atoms with Crippen molar-refractivity contribution >= 4 is 55.8 Å². The third kappa shape index (κ3) is 4.12. The van der Waals surface area contributed by atoms with Crippen molar-refractivity contribution < 1.29 is 9.53 Å². The number of aromatic nitrogens is 3. The van der Waals surface area contributed by atoms with Crippen molar-refractivity contribution in [2.45, 2.75) is 0 Å². The molecule has 0 unspecified atom stereocenters. The number of benzene rings is 2. The van der Waals surface area contributed by atoms with Gasteiger partial charge in [0.2, 0.25) is 5.88 Å². The van der Waals surface area contributed by atoms with Gasteiger partial charge in [0.25, 0.3) is 5.91 Å². The number of amides is 1. The van der Waals surface area contributed by atoms with E-state index in [0.29, 0.717) is 21.9 Å². The zero-order chi connectivity index (χ0) is 21.1. The van der Waals surface area contributed by atoms with Crippen LogP contribution in [0.4, 0.5) is 11.5 Å². The quantitative estimate of drug-likeness (QED) is 0.355. The predicted molar refractivity (Wildman–Crippen MR) is 119 cm³/mol. The Kier molecular flexibility index (Phi) is 5.64. The first kappa shape index (κ1) is 19.9. The summed E-state index contributed by atoms with van der Waals surface area (Å²) in [5, 5.41) is 1.42. The standard InChI is InChI=1S/C20H14BrClN6O2/c21-14-7-8-15(17-13(14)2-1-9-24-17)30-20-16(23)18(25-10-26-20)27-28-19(29)11-3-5-12(22)6-4-11/h1-10H,23H2,(H,28,29)(H,25,26,27). The molecule has 10 heteroatoms. The average Bonchev–Trinajstić information content (AvgIpc) is 2.76. The van der Waals surface area contributed by atoms with Crippen molar-refractivity contribution in [3.63, 3.8) is 0 Å². The first-order valence-electron chi connectivity index (χ1n) is 8.66. The first-order valence-corrected chi connectivity index (χ1v) is 9.83. The van der Waals surface area contributed by atoms with Gasteiger partial charge >= 0.3 is 0 Å². The van der Waals surface area contributed by atoms with Gasteiger partial charge in [-0.05, 0) is 42.5 Å². The highest BCUT2D eigenvalue weighted by Gasteiger charge is 2.14. The Morgan fingerprint density at radius 1 is 1.07 bits per heavy atom. The molecule has 30 heavy (non-hydrogen) atoms. The fourth-order valence-corrected chi connectivity index (χ4v) is 3.23. The second kappa shape index (κ2) is 8.52. The van der Waals surface area contributed by atoms with Gasteiger partial charge in [0.05, 0.1) is 0 Å². The fourth-order valence-electron chi connectivity index (χ4n) is 2.65. The van der Waals surface area contributed by atoms with Gasteiger partial charge in [-0.2, -0.15) is 4.98 Å². The molecule has 0 bridgehead atoms. The number of nitrogens with zero attached hydrogens (tertiary/aromatic N) is 3. The summed E-state index contributed by atoms with van der Waals surface area (Å²) in [5.41, 5.74) is 12.5. The normalized spacial score (nSPS) is 10.6. The van der Waals surface area contributed by atoms with Crippen LogP contribution in [0.3, 0.4) is 0 Å². The number of hydrazine groups is 1. The molecule has 0 aliphatic carbocycles. The van der Waals surface area contributed by atoms with Gasteiger partial charge < -0.3 is 10.5 Å². The van der Waals surface area contributed by atoms with E-state index in [4.69, 9.17) is 22.1 Å². The summed E-state index contributed by atoms with van der Waals surface area (Å²) in [6.07, 6.45) is 2.95. The number of halogens is 2. The van der Waals surface area contributed by atoms with E-state index in [0.717, 1.165) is 9.86 Å². The zero-order valence-electron chi connectivity index (χ0n) is 15.3. The minimum Gasteiger partial charge on any atom is -0.435 e. The number of hydrogen-bond donors (Lipinski definition) is 3. The van der Waals surface area contributed by atoms with Crippen LogP contribution in [0.2, 0.25) is 5.02 Å². The molecule has 2 heterocycles. The SMILES string of the molecule is Nc1c(NNC(=O)c2ccc(Cl)cc2)ncnc1Oc1ccc(Br)c2cccnc12. The van der Waals surface area contributed by atoms with E-state index >= 15 is 0 Å². The topological polar surface area (TPSA) is 115 Å². The molecule has 150 valence electrons. The minimum absolute atomic E-state index is 0.126. The smallest absolute Gasteiger partial charge is 0.269 e. The summed E-state index contributed by atoms with van der Waals surface area (Å²) in [7, 11) is 0. The molecule has 4 N–H and O–H groups in total. The summed E-state index contributed by atoms with van der Waals surface area (Å²) >= 11 is 9.33. The molecule has 0 aliphatic heterocycles. The van der Waals surface area contributed by atoms with E-state index in [2.05, 4.69) is 41.7 Å². The molecule has 8 nitrogen and oxygen atoms in total. The van der Waals surface area contributed by atoms with Gasteiger partial charge in [-0.15, -0.1) is 0 Å². The fraction of sp³-hybridized carbons (Fsp3) is 0. The summed E-state index contributed by atoms with van der Waals surface area (Å²) in [5.74, 6) is 0.421. The maximum absolute atomic E-state index is 12.3. The molecule has 2 aromatic heterocycles. The van der Waals surface area contributed by atoms with Gasteiger partial charge in [-0.25, -0.2) is 4.98 Å². The highest BCUT2D eigenvalue weighted by Crippen LogP contribution is 2.35. The molecule has 0 fully saturated rings. The lowest BCUT2D eigenvalue weighted by molar-refractivity contribution is 0.0962. The van der Waals surface area contributed by atoms with Gasteiger partial charge in [-0.3, -0.25) is 20.6 Å². The zero-order valence-corrected chi connectivity index (χ0v) is 17.6. The van der Waals surface area contributed by atoms with Crippen LogP contribution in [0.15, 0.2) is 65.5 Å². The molecule has 0 saturated heterocycles. The number of anilines is 2. The number of carbonyl (C=O) groups excluding carboxylic acids is 1. The van der Waals surface area contributed by atoms with E-state index in [1.165, 1.54) is 6.33 Å². The molecule has 0 atom stereocenters. The first-order chi connectivity index (χ1) is 14.5. The lowest BCUT2D eigenvalue weighted by Crippen LogP contribution is -2.30. The Labute approximate surface area is 184 Å². The maximum Gasteiger partial charge on any atom is 0.269 e. The molecular weight excluding hydrogens is 472 g/mol. The molecule has 4 rings (SSSR count). The maximum atomic E-state index is 12.3. The van der Waals surface area contributed by atoms with Crippen LogP contribution in [0.25, 0.3) is 10.9 Å². The minimum atomic E-state index is -0.379. The van der Waals surface area contributed by atoms with Gasteiger partial charge in [0, 0.05) is 26.6 Å². The Bertz CT molecular complexity index is 1240. The lowest BCUT2D eigenvalue weighted by Gasteiger charge is -2.13. The van der Waals surface area contributed by atoms with Crippen LogP contribution >= 0.6 is 27.5 Å². The van der Waals surface area contributed by atoms with E-state index < -0.39 is 0 Å². The molecule has 0 spiro atoms. The second-order valence-electron chi connectivity index (χ2n) is 6.07. The average molecular weight is 486 g/mol. The number of nitrogens with one attached hydrogen (secondary N) is 2. The van der Waals surface area contributed by atoms with Crippen LogP contribution in [-0.4, -0.2) is 20.9 Å². The summed E-state index contributed by atoms with van der Waals surface area (Å²) in [6.45, 7) is 0. The van der Waals surface area contributed by atoms with Crippen LogP contribution < -0.4 is 21.3 Å². The van der Waals surface area contributed by atoms with E-state index in [-0.39, 0.29) is 23.3 Å². The summed E-state index contributed by atoms with van der Waals surface area (Å²) in [4.78, 5) is 24.8. The number of pyridine rings is 1. The van der Waals surface area contributed by atoms with Crippen molar-refractivity contribution in [1.29, 1.82) is 0 Å². The highest BCUT2D eigenvalue weighted by molar-refractivity contribution is 9.10. The second-order valence-corrected chi connectivity index (χ2v) is 7.37. The van der Waals surface area contributed by atoms with Gasteiger partial charge in [-0.1, -0.05) is 33.6 Å². The molecular formula is C20H14BrClN6O2. The van der Waals surface area contributed by atoms with Crippen molar-refractivity contribution in [2.75, 3.05) is 11.2 Å². The number of fused-ring (bicyclic) bond motifs is 1.